The van der Waals surface area contributed by atoms with Gasteiger partial charge in [0.05, 0.1) is 24.4 Å². The van der Waals surface area contributed by atoms with Crippen LogP contribution in [0.25, 0.3) is 0 Å². The van der Waals surface area contributed by atoms with E-state index in [0.29, 0.717) is 11.3 Å². The van der Waals surface area contributed by atoms with Gasteiger partial charge >= 0.3 is 12.2 Å². The number of rotatable bonds is 5. The summed E-state index contributed by atoms with van der Waals surface area (Å²) in [5.41, 5.74) is -2.34. The third kappa shape index (κ3) is 4.51. The molecule has 0 aliphatic carbocycles. The number of likely N-dealkylation sites (N-methyl/N-ethyl adjacent to an activating group) is 1. The first-order valence-electron chi connectivity index (χ1n) is 10.6. The number of ether oxygens (including phenoxy) is 1. The van der Waals surface area contributed by atoms with Crippen LogP contribution < -0.4 is 15.4 Å². The van der Waals surface area contributed by atoms with Gasteiger partial charge in [-0.25, -0.2) is 4.79 Å². The summed E-state index contributed by atoms with van der Waals surface area (Å²) in [7, 11) is 1.25. The summed E-state index contributed by atoms with van der Waals surface area (Å²) < 4.78 is 45.0. The number of para-hydroxylation sites is 2. The molecule has 2 aromatic carbocycles. The molecule has 2 aliphatic rings. The molecule has 0 aromatic heterocycles. The van der Waals surface area contributed by atoms with Crippen LogP contribution in [-0.2, 0) is 26.1 Å². The van der Waals surface area contributed by atoms with Crippen LogP contribution in [0.2, 0.25) is 0 Å². The van der Waals surface area contributed by atoms with Crippen molar-refractivity contribution in [3.8, 4) is 5.75 Å². The number of nitrogens with one attached hydrogen (secondary N) is 2. The van der Waals surface area contributed by atoms with Crippen LogP contribution in [0.1, 0.15) is 17.5 Å². The van der Waals surface area contributed by atoms with Crippen molar-refractivity contribution in [1.82, 2.24) is 15.1 Å². The summed E-state index contributed by atoms with van der Waals surface area (Å²) in [5, 5.41) is 4.81. The van der Waals surface area contributed by atoms with E-state index in [4.69, 9.17) is 4.74 Å². The smallest absolute Gasteiger partial charge is 0.418 e. The fourth-order valence-electron chi connectivity index (χ4n) is 4.10. The van der Waals surface area contributed by atoms with Gasteiger partial charge in [-0.3, -0.25) is 19.3 Å². The van der Waals surface area contributed by atoms with Crippen LogP contribution in [-0.4, -0.2) is 60.3 Å². The Morgan fingerprint density at radius 3 is 2.57 bits per heavy atom. The molecule has 2 aliphatic heterocycles. The number of amides is 5. The zero-order valence-corrected chi connectivity index (χ0v) is 18.5. The van der Waals surface area contributed by atoms with Gasteiger partial charge < -0.3 is 20.3 Å². The van der Waals surface area contributed by atoms with Crippen molar-refractivity contribution in [3.63, 3.8) is 0 Å². The van der Waals surface area contributed by atoms with Gasteiger partial charge in [-0.2, -0.15) is 13.2 Å². The summed E-state index contributed by atoms with van der Waals surface area (Å²) in [4.78, 5) is 52.5. The van der Waals surface area contributed by atoms with E-state index in [9.17, 15) is 32.3 Å². The lowest BCUT2D eigenvalue weighted by Crippen LogP contribution is -2.48. The van der Waals surface area contributed by atoms with Crippen molar-refractivity contribution in [2.24, 2.45) is 0 Å². The number of fused-ring (bicyclic) bond motifs is 2. The highest BCUT2D eigenvalue weighted by Gasteiger charge is 2.55. The highest BCUT2D eigenvalue weighted by molar-refractivity contribution is 6.10. The maximum absolute atomic E-state index is 13.2. The van der Waals surface area contributed by atoms with E-state index >= 15 is 0 Å². The third-order valence-corrected chi connectivity index (χ3v) is 5.86. The molecule has 184 valence electrons. The molecule has 9 nitrogen and oxygen atoms in total. The van der Waals surface area contributed by atoms with Gasteiger partial charge in [0.15, 0.2) is 5.54 Å². The zero-order chi connectivity index (χ0) is 25.4. The molecule has 1 spiro atoms. The second kappa shape index (κ2) is 8.93. The highest BCUT2D eigenvalue weighted by atomic mass is 19.4. The largest absolute Gasteiger partial charge is 0.493 e. The SMILES string of the molecule is CN(CC(=O)Nc1ccccc1C(F)(F)F)C(=O)CN1C(=O)N[C@@]2(CCOc3ccccc32)C1=O. The predicted molar refractivity (Wildman–Crippen MR) is 116 cm³/mol. The summed E-state index contributed by atoms with van der Waals surface area (Å²) in [6.07, 6.45) is -4.50. The zero-order valence-electron chi connectivity index (χ0n) is 18.5. The van der Waals surface area contributed by atoms with Crippen molar-refractivity contribution in [2.45, 2.75) is 18.1 Å². The number of carbonyl (C=O) groups excluding carboxylic acids is 4. The average Bonchev–Trinajstić information content (AvgIpc) is 3.03. The molecule has 2 aromatic rings. The molecule has 2 N–H and O–H groups in total. The van der Waals surface area contributed by atoms with Gasteiger partial charge in [-0.05, 0) is 18.2 Å². The lowest BCUT2D eigenvalue weighted by molar-refractivity contribution is -0.140. The number of imide groups is 1. The van der Waals surface area contributed by atoms with E-state index < -0.39 is 59.8 Å². The van der Waals surface area contributed by atoms with E-state index in [-0.39, 0.29) is 13.0 Å². The highest BCUT2D eigenvalue weighted by Crippen LogP contribution is 2.41. The number of halogens is 3. The van der Waals surface area contributed by atoms with Crippen LogP contribution in [0.15, 0.2) is 48.5 Å². The van der Waals surface area contributed by atoms with Gasteiger partial charge in [0, 0.05) is 19.0 Å². The fourth-order valence-corrected chi connectivity index (χ4v) is 4.10. The topological polar surface area (TPSA) is 108 Å². The second-order valence-corrected chi connectivity index (χ2v) is 8.16. The Morgan fingerprint density at radius 1 is 1.14 bits per heavy atom. The monoisotopic (exact) mass is 490 g/mol. The molecule has 35 heavy (non-hydrogen) atoms. The molecule has 5 amide bonds. The molecular formula is C23H21F3N4O5. The fraction of sp³-hybridized carbons (Fsp3) is 0.304. The van der Waals surface area contributed by atoms with E-state index in [1.54, 1.807) is 24.3 Å². The van der Waals surface area contributed by atoms with Crippen molar-refractivity contribution < 1.29 is 37.1 Å². The minimum absolute atomic E-state index is 0.177. The number of carbonyl (C=O) groups is 4. The second-order valence-electron chi connectivity index (χ2n) is 8.16. The van der Waals surface area contributed by atoms with Gasteiger partial charge in [-0.15, -0.1) is 0 Å². The van der Waals surface area contributed by atoms with Gasteiger partial charge in [-0.1, -0.05) is 30.3 Å². The quantitative estimate of drug-likeness (QED) is 0.626. The number of benzene rings is 2. The van der Waals surface area contributed by atoms with Crippen molar-refractivity contribution in [1.29, 1.82) is 0 Å². The summed E-state index contributed by atoms with van der Waals surface area (Å²) >= 11 is 0. The average molecular weight is 490 g/mol. The number of hydrogen-bond donors (Lipinski definition) is 2. The Bertz CT molecular complexity index is 1200. The van der Waals surface area contributed by atoms with Crippen molar-refractivity contribution in [2.75, 3.05) is 32.1 Å². The Labute approximate surface area is 197 Å². The van der Waals surface area contributed by atoms with Crippen molar-refractivity contribution >= 4 is 29.4 Å². The first kappa shape index (κ1) is 24.0. The molecule has 1 atom stereocenters. The molecular weight excluding hydrogens is 469 g/mol. The molecule has 0 radical (unpaired) electrons. The lowest BCUT2D eigenvalue weighted by atomic mass is 9.84. The minimum atomic E-state index is -4.67. The predicted octanol–water partition coefficient (Wildman–Crippen LogP) is 2.33. The first-order valence-corrected chi connectivity index (χ1v) is 10.6. The lowest BCUT2D eigenvalue weighted by Gasteiger charge is -2.33. The van der Waals surface area contributed by atoms with E-state index in [1.165, 1.54) is 19.2 Å². The Hall–Kier alpha value is -4.09. The van der Waals surface area contributed by atoms with Crippen LogP contribution in [0.4, 0.5) is 23.7 Å². The maximum atomic E-state index is 13.2. The summed E-state index contributed by atoms with van der Waals surface area (Å²) in [6.45, 7) is -1.04. The number of alkyl halides is 3. The van der Waals surface area contributed by atoms with Crippen LogP contribution >= 0.6 is 0 Å². The van der Waals surface area contributed by atoms with Crippen LogP contribution in [0.3, 0.4) is 0 Å². The number of urea groups is 1. The number of hydrogen-bond acceptors (Lipinski definition) is 5. The first-order chi connectivity index (χ1) is 16.5. The van der Waals surface area contributed by atoms with Gasteiger partial charge in [0.2, 0.25) is 11.8 Å². The summed E-state index contributed by atoms with van der Waals surface area (Å²) in [6, 6.07) is 10.4. The Kier molecular flexibility index (Phi) is 6.14. The molecule has 0 unspecified atom stereocenters. The number of anilines is 1. The van der Waals surface area contributed by atoms with Crippen LogP contribution in [0, 0.1) is 0 Å². The van der Waals surface area contributed by atoms with E-state index in [2.05, 4.69) is 10.6 Å². The molecule has 2 heterocycles. The standard InChI is InChI=1S/C23H21F3N4O5/c1-29(12-18(31)27-16-8-4-2-6-14(16)23(24,25)26)19(32)13-30-20(33)22(28-21(30)34)10-11-35-17-9-5-3-7-15(17)22/h2-9H,10-13H2,1H3,(H,27,31)(H,28,34)/t22-/m1/s1. The molecule has 1 saturated heterocycles. The van der Waals surface area contributed by atoms with Crippen molar-refractivity contribution in [3.05, 3.63) is 59.7 Å². The minimum Gasteiger partial charge on any atom is -0.493 e. The van der Waals surface area contributed by atoms with E-state index in [0.717, 1.165) is 21.9 Å². The van der Waals surface area contributed by atoms with Gasteiger partial charge in [0.1, 0.15) is 12.3 Å². The molecule has 4 rings (SSSR count). The van der Waals surface area contributed by atoms with Crippen LogP contribution in [0.5, 0.6) is 5.75 Å². The molecule has 0 bridgehead atoms. The molecule has 0 saturated carbocycles. The van der Waals surface area contributed by atoms with Gasteiger partial charge in [0.25, 0.3) is 5.91 Å². The Balaban J connectivity index is 1.42. The molecule has 12 heteroatoms. The third-order valence-electron chi connectivity index (χ3n) is 5.86. The summed E-state index contributed by atoms with van der Waals surface area (Å²) in [5.74, 6) is -1.79. The number of nitrogens with zero attached hydrogens (tertiary/aromatic N) is 2. The Morgan fingerprint density at radius 2 is 1.83 bits per heavy atom. The van der Waals surface area contributed by atoms with E-state index in [1.807, 2.05) is 0 Å². The molecule has 1 fully saturated rings. The normalized spacial score (nSPS) is 19.1. The maximum Gasteiger partial charge on any atom is 0.418 e.